The second kappa shape index (κ2) is 6.88. The predicted octanol–water partition coefficient (Wildman–Crippen LogP) is 2.63. The highest BCUT2D eigenvalue weighted by molar-refractivity contribution is 8.26. The zero-order valence-corrected chi connectivity index (χ0v) is 12.7. The fourth-order valence-electron chi connectivity index (χ4n) is 1.78. The molecule has 20 heavy (non-hydrogen) atoms. The van der Waals surface area contributed by atoms with E-state index >= 15 is 0 Å². The molecule has 0 spiro atoms. The highest BCUT2D eigenvalue weighted by Crippen LogP contribution is 2.32. The van der Waals surface area contributed by atoms with Crippen molar-refractivity contribution in [3.05, 3.63) is 34.7 Å². The van der Waals surface area contributed by atoms with E-state index in [0.29, 0.717) is 22.4 Å². The molecule has 0 radical (unpaired) electrons. The average molecular weight is 309 g/mol. The molecule has 1 saturated heterocycles. The van der Waals surface area contributed by atoms with Crippen LogP contribution in [-0.4, -0.2) is 40.5 Å². The molecule has 0 aromatic heterocycles. The van der Waals surface area contributed by atoms with Gasteiger partial charge in [-0.3, -0.25) is 9.69 Å². The number of ether oxygens (including phenoxy) is 1. The first kappa shape index (κ1) is 15.0. The van der Waals surface area contributed by atoms with Gasteiger partial charge in [-0.2, -0.15) is 0 Å². The maximum atomic E-state index is 12.2. The van der Waals surface area contributed by atoms with Crippen LogP contribution >= 0.6 is 24.0 Å². The van der Waals surface area contributed by atoms with Crippen LogP contribution in [0.4, 0.5) is 0 Å². The minimum Gasteiger partial charge on any atom is -0.508 e. The number of aromatic hydroxyl groups is 1. The number of rotatable bonds is 5. The zero-order valence-electron chi connectivity index (χ0n) is 11.0. The van der Waals surface area contributed by atoms with Crippen molar-refractivity contribution in [3.8, 4) is 5.75 Å². The topological polar surface area (TPSA) is 49.8 Å². The van der Waals surface area contributed by atoms with E-state index in [9.17, 15) is 9.90 Å². The van der Waals surface area contributed by atoms with E-state index in [1.54, 1.807) is 42.4 Å². The summed E-state index contributed by atoms with van der Waals surface area (Å²) in [5.74, 6) is 0.137. The molecule has 106 valence electrons. The van der Waals surface area contributed by atoms with Crippen LogP contribution in [0.1, 0.15) is 12.0 Å². The third kappa shape index (κ3) is 3.59. The summed E-state index contributed by atoms with van der Waals surface area (Å²) in [5, 5.41) is 9.24. The number of thioether (sulfide) groups is 1. The van der Waals surface area contributed by atoms with Crippen molar-refractivity contribution < 1.29 is 14.6 Å². The minimum atomic E-state index is -0.0656. The lowest BCUT2D eigenvalue weighted by atomic mass is 10.2. The van der Waals surface area contributed by atoms with Crippen LogP contribution in [0, 0.1) is 0 Å². The van der Waals surface area contributed by atoms with Gasteiger partial charge in [-0.15, -0.1) is 0 Å². The predicted molar refractivity (Wildman–Crippen MR) is 84.5 cm³/mol. The maximum absolute atomic E-state index is 12.2. The number of carbonyl (C=O) groups excluding carboxylic acids is 1. The van der Waals surface area contributed by atoms with E-state index in [4.69, 9.17) is 17.0 Å². The van der Waals surface area contributed by atoms with Crippen molar-refractivity contribution in [2.75, 3.05) is 20.3 Å². The third-order valence-corrected chi connectivity index (χ3v) is 4.17. The van der Waals surface area contributed by atoms with Gasteiger partial charge in [0, 0.05) is 20.3 Å². The summed E-state index contributed by atoms with van der Waals surface area (Å²) in [7, 11) is 1.63. The number of carbonyl (C=O) groups is 1. The minimum absolute atomic E-state index is 0.0656. The van der Waals surface area contributed by atoms with E-state index < -0.39 is 0 Å². The Hall–Kier alpha value is -1.37. The Morgan fingerprint density at radius 1 is 1.40 bits per heavy atom. The first-order chi connectivity index (χ1) is 9.61. The first-order valence-corrected chi connectivity index (χ1v) is 7.37. The SMILES string of the molecule is COCCCN1C(=O)/C(=C/c2ccc(O)cc2)SC1=S. The van der Waals surface area contributed by atoms with Crippen LogP contribution in [0.2, 0.25) is 0 Å². The highest BCUT2D eigenvalue weighted by Gasteiger charge is 2.31. The Kier molecular flexibility index (Phi) is 5.17. The van der Waals surface area contributed by atoms with Crippen molar-refractivity contribution in [1.82, 2.24) is 4.90 Å². The number of amides is 1. The molecule has 0 saturated carbocycles. The van der Waals surface area contributed by atoms with Gasteiger partial charge in [0.25, 0.3) is 5.91 Å². The van der Waals surface area contributed by atoms with Crippen LogP contribution < -0.4 is 0 Å². The van der Waals surface area contributed by atoms with Crippen LogP contribution in [0.15, 0.2) is 29.2 Å². The molecular weight excluding hydrogens is 294 g/mol. The van der Waals surface area contributed by atoms with Gasteiger partial charge in [0.05, 0.1) is 4.91 Å². The normalized spacial score (nSPS) is 17.2. The van der Waals surface area contributed by atoms with Crippen LogP contribution in [0.3, 0.4) is 0 Å². The molecular formula is C14H15NO3S2. The second-order valence-electron chi connectivity index (χ2n) is 4.27. The van der Waals surface area contributed by atoms with Gasteiger partial charge >= 0.3 is 0 Å². The Balaban J connectivity index is 2.09. The van der Waals surface area contributed by atoms with Gasteiger partial charge in [-0.1, -0.05) is 36.1 Å². The first-order valence-electron chi connectivity index (χ1n) is 6.15. The summed E-state index contributed by atoms with van der Waals surface area (Å²) in [6.45, 7) is 1.18. The summed E-state index contributed by atoms with van der Waals surface area (Å²) in [5.41, 5.74) is 0.861. The second-order valence-corrected chi connectivity index (χ2v) is 5.95. The van der Waals surface area contributed by atoms with Crippen molar-refractivity contribution in [3.63, 3.8) is 0 Å². The Morgan fingerprint density at radius 2 is 2.10 bits per heavy atom. The summed E-state index contributed by atoms with van der Waals surface area (Å²) in [6, 6.07) is 6.69. The third-order valence-electron chi connectivity index (χ3n) is 2.79. The lowest BCUT2D eigenvalue weighted by Gasteiger charge is -2.13. The summed E-state index contributed by atoms with van der Waals surface area (Å²) < 4.78 is 5.56. The van der Waals surface area contributed by atoms with Gasteiger partial charge in [-0.05, 0) is 30.2 Å². The fraction of sp³-hybridized carbons (Fsp3) is 0.286. The van der Waals surface area contributed by atoms with E-state index in [1.807, 2.05) is 0 Å². The lowest BCUT2D eigenvalue weighted by molar-refractivity contribution is -0.122. The van der Waals surface area contributed by atoms with Crippen molar-refractivity contribution in [2.45, 2.75) is 6.42 Å². The molecule has 1 aromatic rings. The van der Waals surface area contributed by atoms with Gasteiger partial charge in [-0.25, -0.2) is 0 Å². The van der Waals surface area contributed by atoms with Crippen LogP contribution in [0.25, 0.3) is 6.08 Å². The molecule has 2 rings (SSSR count). The number of benzene rings is 1. The smallest absolute Gasteiger partial charge is 0.266 e. The van der Waals surface area contributed by atoms with Gasteiger partial charge in [0.1, 0.15) is 10.1 Å². The van der Waals surface area contributed by atoms with E-state index in [1.165, 1.54) is 11.8 Å². The number of hydrogen-bond donors (Lipinski definition) is 1. The molecule has 1 heterocycles. The standard InChI is InChI=1S/C14H15NO3S2/c1-18-8-2-7-15-13(17)12(20-14(15)19)9-10-3-5-11(16)6-4-10/h3-6,9,16H,2,7-8H2,1H3/b12-9-. The van der Waals surface area contributed by atoms with Crippen LogP contribution in [0.5, 0.6) is 5.75 Å². The van der Waals surface area contributed by atoms with E-state index in [-0.39, 0.29) is 11.7 Å². The monoisotopic (exact) mass is 309 g/mol. The van der Waals surface area contributed by atoms with Crippen molar-refractivity contribution >= 4 is 40.3 Å². The molecule has 1 aliphatic rings. The quantitative estimate of drug-likeness (QED) is 0.515. The van der Waals surface area contributed by atoms with Gasteiger partial charge in [0.2, 0.25) is 0 Å². The average Bonchev–Trinajstić information content (AvgIpc) is 2.69. The van der Waals surface area contributed by atoms with E-state index in [2.05, 4.69) is 0 Å². The molecule has 1 amide bonds. The molecule has 1 fully saturated rings. The molecule has 1 aliphatic heterocycles. The number of hydrogen-bond acceptors (Lipinski definition) is 5. The molecule has 6 heteroatoms. The molecule has 0 aliphatic carbocycles. The zero-order chi connectivity index (χ0) is 14.5. The molecule has 4 nitrogen and oxygen atoms in total. The number of phenolic OH excluding ortho intramolecular Hbond substituents is 1. The van der Waals surface area contributed by atoms with Crippen LogP contribution in [-0.2, 0) is 9.53 Å². The lowest BCUT2D eigenvalue weighted by Crippen LogP contribution is -2.29. The molecule has 0 atom stereocenters. The summed E-state index contributed by atoms with van der Waals surface area (Å²) in [4.78, 5) is 14.5. The Bertz CT molecular complexity index is 540. The van der Waals surface area contributed by atoms with Gasteiger partial charge < -0.3 is 9.84 Å². The molecule has 1 aromatic carbocycles. The molecule has 0 bridgehead atoms. The molecule has 1 N–H and O–H groups in total. The molecule has 0 unspecified atom stereocenters. The number of methoxy groups -OCH3 is 1. The number of phenols is 1. The maximum Gasteiger partial charge on any atom is 0.266 e. The number of thiocarbonyl (C=S) groups is 1. The summed E-state index contributed by atoms with van der Waals surface area (Å²) >= 11 is 6.53. The largest absolute Gasteiger partial charge is 0.508 e. The van der Waals surface area contributed by atoms with Gasteiger partial charge in [0.15, 0.2) is 0 Å². The Morgan fingerprint density at radius 3 is 2.75 bits per heavy atom. The van der Waals surface area contributed by atoms with Crippen molar-refractivity contribution in [1.29, 1.82) is 0 Å². The van der Waals surface area contributed by atoms with E-state index in [0.717, 1.165) is 12.0 Å². The fourth-order valence-corrected chi connectivity index (χ4v) is 3.09. The number of nitrogens with zero attached hydrogens (tertiary/aromatic N) is 1. The highest BCUT2D eigenvalue weighted by atomic mass is 32.2. The summed E-state index contributed by atoms with van der Waals surface area (Å²) in [6.07, 6.45) is 2.55. The van der Waals surface area contributed by atoms with Crippen molar-refractivity contribution in [2.24, 2.45) is 0 Å². The Labute approximate surface area is 127 Å².